The highest BCUT2D eigenvalue weighted by Crippen LogP contribution is 2.24. The molecule has 9 heteroatoms. The first-order valence-corrected chi connectivity index (χ1v) is 10.9. The maximum atomic E-state index is 13.0. The highest BCUT2D eigenvalue weighted by atomic mass is 79.9. The molecule has 8 nitrogen and oxygen atoms in total. The van der Waals surface area contributed by atoms with E-state index in [1.54, 1.807) is 27.8 Å². The summed E-state index contributed by atoms with van der Waals surface area (Å²) in [4.78, 5) is 27.2. The van der Waals surface area contributed by atoms with E-state index in [-0.39, 0.29) is 11.8 Å². The zero-order chi connectivity index (χ0) is 22.1. The molecule has 1 N–H and O–H groups in total. The van der Waals surface area contributed by atoms with Crippen LogP contribution in [-0.2, 0) is 4.74 Å². The van der Waals surface area contributed by atoms with Crippen LogP contribution in [0.4, 0.5) is 4.79 Å². The van der Waals surface area contributed by atoms with Crippen LogP contribution in [-0.4, -0.2) is 53.9 Å². The van der Waals surface area contributed by atoms with E-state index in [9.17, 15) is 9.59 Å². The summed E-state index contributed by atoms with van der Waals surface area (Å²) >= 11 is 3.40. The van der Waals surface area contributed by atoms with Gasteiger partial charge in [-0.1, -0.05) is 34.1 Å². The molecule has 0 unspecified atom stereocenters. The zero-order valence-corrected chi connectivity index (χ0v) is 18.5. The summed E-state index contributed by atoms with van der Waals surface area (Å²) in [6.45, 7) is 2.17. The number of nitrogens with one attached hydrogen (secondary N) is 1. The normalized spacial score (nSPS) is 14.5. The van der Waals surface area contributed by atoms with Crippen LogP contribution in [0.1, 0.15) is 16.1 Å². The quantitative estimate of drug-likeness (QED) is 0.341. The molecule has 0 radical (unpaired) electrons. The maximum absolute atomic E-state index is 13.0. The largest absolute Gasteiger partial charge is 0.451 e. The van der Waals surface area contributed by atoms with E-state index >= 15 is 0 Å². The Bertz CT molecular complexity index is 1350. The highest BCUT2D eigenvalue weighted by molar-refractivity contribution is 9.10. The molecule has 0 atom stereocenters. The molecule has 1 aliphatic rings. The Balaban J connectivity index is 1.37. The molecule has 3 heterocycles. The molecule has 4 aromatic rings. The third kappa shape index (κ3) is 3.92. The van der Waals surface area contributed by atoms with Crippen LogP contribution < -0.4 is 5.43 Å². The molecule has 0 aliphatic carbocycles. The summed E-state index contributed by atoms with van der Waals surface area (Å²) in [7, 11) is 0. The number of halogens is 1. The molecule has 2 amide bonds. The van der Waals surface area contributed by atoms with Crippen LogP contribution >= 0.6 is 15.9 Å². The minimum Gasteiger partial charge on any atom is -0.451 e. The number of hydrogen-bond acceptors (Lipinski definition) is 5. The highest BCUT2D eigenvalue weighted by Gasteiger charge is 2.21. The number of furan rings is 1. The molecule has 0 spiro atoms. The maximum Gasteiger partial charge on any atom is 0.328 e. The molecule has 32 heavy (non-hydrogen) atoms. The fraction of sp³-hybridized carbons (Fsp3) is 0.174. The van der Waals surface area contributed by atoms with Gasteiger partial charge in [0.05, 0.1) is 24.9 Å². The lowest BCUT2D eigenvalue weighted by molar-refractivity contribution is 0.0538. The lowest BCUT2D eigenvalue weighted by Crippen LogP contribution is -2.42. The van der Waals surface area contributed by atoms with Crippen molar-refractivity contribution >= 4 is 56.0 Å². The molecule has 1 aliphatic heterocycles. The molecule has 1 saturated heterocycles. The number of fused-ring (bicyclic) bond motifs is 2. The van der Waals surface area contributed by atoms with Crippen molar-refractivity contribution in [2.24, 2.45) is 5.10 Å². The van der Waals surface area contributed by atoms with Crippen molar-refractivity contribution in [2.75, 3.05) is 26.3 Å². The van der Waals surface area contributed by atoms with E-state index in [1.807, 2.05) is 36.4 Å². The molecule has 1 fully saturated rings. The van der Waals surface area contributed by atoms with Gasteiger partial charge in [0.15, 0.2) is 5.76 Å². The van der Waals surface area contributed by atoms with Gasteiger partial charge in [0.2, 0.25) is 0 Å². The van der Waals surface area contributed by atoms with Crippen molar-refractivity contribution in [1.29, 1.82) is 0 Å². The number of hydrogen-bond donors (Lipinski definition) is 1. The molecule has 162 valence electrons. The van der Waals surface area contributed by atoms with E-state index in [4.69, 9.17) is 9.15 Å². The number of morpholine rings is 1. The SMILES string of the molecule is O=C(N/N=C\c1cn(C(=O)N2CCOCC2)c2ccccc12)c1cc2cc(Br)ccc2o1. The first-order chi connectivity index (χ1) is 15.6. The molecular formula is C23H19BrN4O4. The minimum atomic E-state index is -0.457. The number of hydrazone groups is 1. The summed E-state index contributed by atoms with van der Waals surface area (Å²) in [6.07, 6.45) is 3.26. The fourth-order valence-corrected chi connectivity index (χ4v) is 4.09. The summed E-state index contributed by atoms with van der Waals surface area (Å²) in [5.74, 6) is -0.290. The van der Waals surface area contributed by atoms with Crippen molar-refractivity contribution in [3.8, 4) is 0 Å². The number of rotatable bonds is 3. The molecule has 5 rings (SSSR count). The van der Waals surface area contributed by atoms with Crippen molar-refractivity contribution in [2.45, 2.75) is 0 Å². The Kier molecular flexibility index (Phi) is 5.50. The Hall–Kier alpha value is -3.43. The van der Waals surface area contributed by atoms with Gasteiger partial charge in [-0.25, -0.2) is 10.2 Å². The average molecular weight is 495 g/mol. The van der Waals surface area contributed by atoms with Crippen LogP contribution in [0.3, 0.4) is 0 Å². The fourth-order valence-electron chi connectivity index (χ4n) is 3.72. The van der Waals surface area contributed by atoms with Gasteiger partial charge in [-0.05, 0) is 30.3 Å². The lowest BCUT2D eigenvalue weighted by Gasteiger charge is -2.27. The van der Waals surface area contributed by atoms with Crippen molar-refractivity contribution in [3.05, 3.63) is 70.5 Å². The summed E-state index contributed by atoms with van der Waals surface area (Å²) < 4.78 is 13.4. The summed E-state index contributed by atoms with van der Waals surface area (Å²) in [5.41, 5.74) is 4.61. The second-order valence-corrected chi connectivity index (χ2v) is 8.26. The number of amides is 2. The van der Waals surface area contributed by atoms with Gasteiger partial charge in [0, 0.05) is 40.1 Å². The first kappa shape index (κ1) is 20.5. The van der Waals surface area contributed by atoms with Crippen LogP contribution in [0, 0.1) is 0 Å². The van der Waals surface area contributed by atoms with E-state index in [0.29, 0.717) is 31.9 Å². The van der Waals surface area contributed by atoms with Crippen LogP contribution in [0.15, 0.2) is 68.7 Å². The number of carbonyl (C=O) groups is 2. The molecule has 2 aromatic heterocycles. The second-order valence-electron chi connectivity index (χ2n) is 7.35. The average Bonchev–Trinajstić information content (AvgIpc) is 3.41. The zero-order valence-electron chi connectivity index (χ0n) is 17.0. The van der Waals surface area contributed by atoms with Gasteiger partial charge in [0.1, 0.15) is 5.58 Å². The Morgan fingerprint density at radius 2 is 1.91 bits per heavy atom. The molecule has 2 aromatic carbocycles. The topological polar surface area (TPSA) is 89.1 Å². The third-order valence-corrected chi connectivity index (χ3v) is 5.80. The number of carbonyl (C=O) groups excluding carboxylic acids is 2. The predicted octanol–water partition coefficient (Wildman–Crippen LogP) is 4.21. The van der Waals surface area contributed by atoms with Crippen molar-refractivity contribution in [3.63, 3.8) is 0 Å². The monoisotopic (exact) mass is 494 g/mol. The number of nitrogens with zero attached hydrogens (tertiary/aromatic N) is 3. The van der Waals surface area contributed by atoms with E-state index in [0.717, 1.165) is 26.3 Å². The van der Waals surface area contributed by atoms with Gasteiger partial charge in [-0.15, -0.1) is 0 Å². The lowest BCUT2D eigenvalue weighted by atomic mass is 10.2. The van der Waals surface area contributed by atoms with Crippen LogP contribution in [0.2, 0.25) is 0 Å². The predicted molar refractivity (Wildman–Crippen MR) is 124 cm³/mol. The van der Waals surface area contributed by atoms with Gasteiger partial charge in [-0.2, -0.15) is 5.10 Å². The Morgan fingerprint density at radius 1 is 1.09 bits per heavy atom. The summed E-state index contributed by atoms with van der Waals surface area (Å²) in [5, 5.41) is 5.77. The smallest absolute Gasteiger partial charge is 0.328 e. The third-order valence-electron chi connectivity index (χ3n) is 5.30. The van der Waals surface area contributed by atoms with Crippen LogP contribution in [0.25, 0.3) is 21.9 Å². The molecule has 0 saturated carbocycles. The van der Waals surface area contributed by atoms with E-state index in [2.05, 4.69) is 26.5 Å². The van der Waals surface area contributed by atoms with Crippen molar-refractivity contribution < 1.29 is 18.7 Å². The number of ether oxygens (including phenoxy) is 1. The number of aromatic nitrogens is 1. The number of benzene rings is 2. The van der Waals surface area contributed by atoms with Gasteiger partial charge in [-0.3, -0.25) is 9.36 Å². The van der Waals surface area contributed by atoms with Gasteiger partial charge < -0.3 is 14.1 Å². The molecule has 0 bridgehead atoms. The summed E-state index contributed by atoms with van der Waals surface area (Å²) in [6, 6.07) is 14.6. The molecular weight excluding hydrogens is 476 g/mol. The van der Waals surface area contributed by atoms with Crippen molar-refractivity contribution in [1.82, 2.24) is 14.9 Å². The standard InChI is InChI=1S/C23H19BrN4O4/c24-17-5-6-20-15(11-17)12-21(32-20)22(29)26-25-13-16-14-28(19-4-2-1-3-18(16)19)23(30)27-7-9-31-10-8-27/h1-6,11-14H,7-10H2,(H,26,29)/b25-13-. The van der Waals surface area contributed by atoms with E-state index in [1.165, 1.54) is 6.21 Å². The van der Waals surface area contributed by atoms with Gasteiger partial charge >= 0.3 is 11.9 Å². The van der Waals surface area contributed by atoms with E-state index < -0.39 is 5.91 Å². The Labute approximate surface area is 191 Å². The van der Waals surface area contributed by atoms with Gasteiger partial charge in [0.25, 0.3) is 0 Å². The Morgan fingerprint density at radius 3 is 2.75 bits per heavy atom. The number of para-hydroxylation sites is 1. The van der Waals surface area contributed by atoms with Crippen LogP contribution in [0.5, 0.6) is 0 Å². The minimum absolute atomic E-state index is 0.110. The second kappa shape index (κ2) is 8.60. The first-order valence-electron chi connectivity index (χ1n) is 10.1.